The lowest BCUT2D eigenvalue weighted by Crippen LogP contribution is -2.19. The number of ether oxygens (including phenoxy) is 2. The highest BCUT2D eigenvalue weighted by Gasteiger charge is 2.19. The SMILES string of the molecule is CCOc1cc(/C=N/[S@@](=O)C(C)(C)C)c(C)c(OCC)c1Br. The molecule has 0 aliphatic rings. The third-order valence-electron chi connectivity index (χ3n) is 2.88. The minimum Gasteiger partial charge on any atom is -0.493 e. The molecule has 1 rings (SSSR count). The number of nitrogens with zero attached hydrogens (tertiary/aromatic N) is 1. The van der Waals surface area contributed by atoms with Gasteiger partial charge in [0.25, 0.3) is 0 Å². The van der Waals surface area contributed by atoms with Crippen LogP contribution in [0.4, 0.5) is 0 Å². The van der Waals surface area contributed by atoms with Crippen molar-refractivity contribution >= 4 is 33.1 Å². The van der Waals surface area contributed by atoms with E-state index in [2.05, 4.69) is 20.3 Å². The van der Waals surface area contributed by atoms with E-state index in [1.54, 1.807) is 6.21 Å². The van der Waals surface area contributed by atoms with Crippen molar-refractivity contribution in [1.29, 1.82) is 0 Å². The van der Waals surface area contributed by atoms with E-state index in [0.717, 1.165) is 21.3 Å². The van der Waals surface area contributed by atoms with Crippen molar-refractivity contribution in [2.45, 2.75) is 46.3 Å². The summed E-state index contributed by atoms with van der Waals surface area (Å²) in [4.78, 5) is 0. The van der Waals surface area contributed by atoms with Crippen LogP contribution >= 0.6 is 15.9 Å². The molecule has 0 radical (unpaired) electrons. The fourth-order valence-electron chi connectivity index (χ4n) is 1.69. The fourth-order valence-corrected chi connectivity index (χ4v) is 2.86. The topological polar surface area (TPSA) is 47.9 Å². The molecule has 0 aromatic heterocycles. The standard InChI is InChI=1S/C16H24BrNO3S/c1-7-20-13-9-12(10-18-22(19)16(4,5)6)11(3)15(14(13)17)21-8-2/h9-10H,7-8H2,1-6H3/b18-10+/t22-/m0/s1. The van der Waals surface area contributed by atoms with E-state index in [9.17, 15) is 4.21 Å². The number of halogens is 1. The number of rotatable bonds is 6. The molecule has 1 aromatic rings. The maximum absolute atomic E-state index is 12.1. The Hall–Kier alpha value is -0.880. The Morgan fingerprint density at radius 3 is 2.36 bits per heavy atom. The van der Waals surface area contributed by atoms with Gasteiger partial charge in [-0.2, -0.15) is 4.40 Å². The van der Waals surface area contributed by atoms with Crippen molar-refractivity contribution in [3.05, 3.63) is 21.7 Å². The van der Waals surface area contributed by atoms with Gasteiger partial charge in [-0.15, -0.1) is 0 Å². The molecule has 0 heterocycles. The molecule has 1 atom stereocenters. The van der Waals surface area contributed by atoms with Gasteiger partial charge in [-0.3, -0.25) is 0 Å². The summed E-state index contributed by atoms with van der Waals surface area (Å²) in [6.45, 7) is 12.6. The van der Waals surface area contributed by atoms with Crippen LogP contribution in [0.2, 0.25) is 0 Å². The van der Waals surface area contributed by atoms with Crippen molar-refractivity contribution in [3.63, 3.8) is 0 Å². The Kier molecular flexibility index (Phi) is 7.06. The highest BCUT2D eigenvalue weighted by molar-refractivity contribution is 9.10. The smallest absolute Gasteiger partial charge is 0.144 e. The summed E-state index contributed by atoms with van der Waals surface area (Å²) in [5.74, 6) is 1.43. The number of benzene rings is 1. The molecular weight excluding hydrogens is 366 g/mol. The van der Waals surface area contributed by atoms with Crippen molar-refractivity contribution in [2.75, 3.05) is 13.2 Å². The third kappa shape index (κ3) is 4.81. The first kappa shape index (κ1) is 19.2. The monoisotopic (exact) mass is 389 g/mol. The normalized spacial score (nSPS) is 13.4. The van der Waals surface area contributed by atoms with Crippen LogP contribution < -0.4 is 9.47 Å². The molecule has 1 aromatic carbocycles. The third-order valence-corrected chi connectivity index (χ3v) is 4.97. The first-order valence-electron chi connectivity index (χ1n) is 7.27. The zero-order valence-electron chi connectivity index (χ0n) is 14.0. The van der Waals surface area contributed by atoms with Crippen molar-refractivity contribution in [2.24, 2.45) is 4.40 Å². The van der Waals surface area contributed by atoms with Crippen LogP contribution in [0.25, 0.3) is 0 Å². The predicted molar refractivity (Wildman–Crippen MR) is 96.7 cm³/mol. The van der Waals surface area contributed by atoms with Gasteiger partial charge in [0.1, 0.15) is 27.0 Å². The van der Waals surface area contributed by atoms with Crippen LogP contribution in [0.15, 0.2) is 14.9 Å². The second-order valence-electron chi connectivity index (χ2n) is 5.69. The summed E-state index contributed by atoms with van der Waals surface area (Å²) >= 11 is 3.53. The van der Waals surface area contributed by atoms with Gasteiger partial charge < -0.3 is 9.47 Å². The Labute approximate surface area is 144 Å². The lowest BCUT2D eigenvalue weighted by Gasteiger charge is -2.16. The Bertz CT molecular complexity index is 580. The zero-order chi connectivity index (χ0) is 16.9. The van der Waals surface area contributed by atoms with Crippen molar-refractivity contribution in [3.8, 4) is 11.5 Å². The molecule has 0 N–H and O–H groups in total. The average molecular weight is 390 g/mol. The van der Waals surface area contributed by atoms with Gasteiger partial charge >= 0.3 is 0 Å². The molecular formula is C16H24BrNO3S. The summed E-state index contributed by atoms with van der Waals surface area (Å²) in [7, 11) is -1.30. The van der Waals surface area contributed by atoms with Gasteiger partial charge in [-0.05, 0) is 63.5 Å². The molecule has 6 heteroatoms. The van der Waals surface area contributed by atoms with E-state index in [1.807, 2.05) is 47.6 Å². The first-order chi connectivity index (χ1) is 10.2. The van der Waals surface area contributed by atoms with Gasteiger partial charge in [-0.1, -0.05) is 0 Å². The summed E-state index contributed by atoms with van der Waals surface area (Å²) in [6.07, 6.45) is 1.63. The minimum atomic E-state index is -1.30. The van der Waals surface area contributed by atoms with Crippen LogP contribution in [0.1, 0.15) is 45.7 Å². The van der Waals surface area contributed by atoms with Crippen LogP contribution in [-0.4, -0.2) is 28.4 Å². The largest absolute Gasteiger partial charge is 0.493 e. The molecule has 0 saturated heterocycles. The number of hydrogen-bond acceptors (Lipinski definition) is 3. The van der Waals surface area contributed by atoms with E-state index >= 15 is 0 Å². The molecule has 0 spiro atoms. The fraction of sp³-hybridized carbons (Fsp3) is 0.562. The summed E-state index contributed by atoms with van der Waals surface area (Å²) in [5, 5.41) is 0. The van der Waals surface area contributed by atoms with Gasteiger partial charge in [0, 0.05) is 17.3 Å². The van der Waals surface area contributed by atoms with Crippen molar-refractivity contribution < 1.29 is 13.7 Å². The van der Waals surface area contributed by atoms with Crippen LogP contribution in [0, 0.1) is 6.92 Å². The highest BCUT2D eigenvalue weighted by atomic mass is 79.9. The molecule has 22 heavy (non-hydrogen) atoms. The quantitative estimate of drug-likeness (QED) is 0.675. The molecule has 0 bridgehead atoms. The molecule has 0 fully saturated rings. The maximum Gasteiger partial charge on any atom is 0.144 e. The van der Waals surface area contributed by atoms with Crippen LogP contribution in [0.5, 0.6) is 11.5 Å². The Morgan fingerprint density at radius 1 is 1.27 bits per heavy atom. The minimum absolute atomic E-state index is 0.384. The first-order valence-corrected chi connectivity index (χ1v) is 9.17. The molecule has 0 saturated carbocycles. The second-order valence-corrected chi connectivity index (χ2v) is 8.42. The molecule has 0 amide bonds. The van der Waals surface area contributed by atoms with Crippen molar-refractivity contribution in [1.82, 2.24) is 0 Å². The Morgan fingerprint density at radius 2 is 1.86 bits per heavy atom. The summed E-state index contributed by atoms with van der Waals surface area (Å²) in [5.41, 5.74) is 1.78. The second kappa shape index (κ2) is 8.11. The lowest BCUT2D eigenvalue weighted by molar-refractivity contribution is 0.317. The Balaban J connectivity index is 3.29. The summed E-state index contributed by atoms with van der Waals surface area (Å²) in [6, 6.07) is 1.88. The highest BCUT2D eigenvalue weighted by Crippen LogP contribution is 2.39. The van der Waals surface area contributed by atoms with E-state index in [0.29, 0.717) is 19.0 Å². The molecule has 124 valence electrons. The molecule has 0 unspecified atom stereocenters. The average Bonchev–Trinajstić information content (AvgIpc) is 2.44. The lowest BCUT2D eigenvalue weighted by atomic mass is 10.1. The molecule has 0 aliphatic heterocycles. The predicted octanol–water partition coefficient (Wildman–Crippen LogP) is 4.44. The van der Waals surface area contributed by atoms with E-state index in [1.165, 1.54) is 0 Å². The number of hydrogen-bond donors (Lipinski definition) is 0. The van der Waals surface area contributed by atoms with E-state index < -0.39 is 11.0 Å². The van der Waals surface area contributed by atoms with Gasteiger partial charge in [0.05, 0.1) is 18.0 Å². The van der Waals surface area contributed by atoms with Crippen LogP contribution in [-0.2, 0) is 11.0 Å². The van der Waals surface area contributed by atoms with E-state index in [-0.39, 0.29) is 4.75 Å². The maximum atomic E-state index is 12.1. The van der Waals surface area contributed by atoms with Gasteiger partial charge in [0.2, 0.25) is 0 Å². The van der Waals surface area contributed by atoms with Crippen LogP contribution in [0.3, 0.4) is 0 Å². The molecule has 4 nitrogen and oxygen atoms in total. The van der Waals surface area contributed by atoms with Gasteiger partial charge in [0.15, 0.2) is 0 Å². The van der Waals surface area contributed by atoms with Gasteiger partial charge in [-0.25, -0.2) is 4.21 Å². The zero-order valence-corrected chi connectivity index (χ0v) is 16.4. The van der Waals surface area contributed by atoms with E-state index in [4.69, 9.17) is 9.47 Å². The molecule has 0 aliphatic carbocycles. The summed E-state index contributed by atoms with van der Waals surface area (Å²) < 4.78 is 28.0.